The maximum Gasteiger partial charge on any atom is 0.336 e. The van der Waals surface area contributed by atoms with Crippen LogP contribution < -0.4 is 10.6 Å². The van der Waals surface area contributed by atoms with Gasteiger partial charge in [0, 0.05) is 19.7 Å². The van der Waals surface area contributed by atoms with Gasteiger partial charge in [0.2, 0.25) is 0 Å². The van der Waals surface area contributed by atoms with Gasteiger partial charge in [-0.25, -0.2) is 4.79 Å². The standard InChI is InChI=1S/C11H12N2O4/c1-12-9(14)6-3-4-7(10(15)13-2)8(5-6)11(16)17/h3-5H,1-2H3,(H,12,14)(H,13,15)(H,16,17). The molecule has 0 aliphatic carbocycles. The Hall–Kier alpha value is -2.37. The quantitative estimate of drug-likeness (QED) is 0.693. The molecule has 0 bridgehead atoms. The molecule has 1 rings (SSSR count). The van der Waals surface area contributed by atoms with Crippen molar-refractivity contribution in [3.63, 3.8) is 0 Å². The molecule has 0 saturated carbocycles. The molecule has 0 unspecified atom stereocenters. The van der Waals surface area contributed by atoms with Crippen LogP contribution in [0.2, 0.25) is 0 Å². The minimum Gasteiger partial charge on any atom is -0.478 e. The van der Waals surface area contributed by atoms with Gasteiger partial charge in [0.05, 0.1) is 11.1 Å². The molecule has 1 aromatic carbocycles. The van der Waals surface area contributed by atoms with Gasteiger partial charge in [0.15, 0.2) is 0 Å². The summed E-state index contributed by atoms with van der Waals surface area (Å²) in [5.74, 6) is -2.17. The third-order valence-corrected chi connectivity index (χ3v) is 2.21. The van der Waals surface area contributed by atoms with E-state index in [4.69, 9.17) is 5.11 Å². The maximum absolute atomic E-state index is 11.4. The van der Waals surface area contributed by atoms with E-state index in [1.807, 2.05) is 0 Å². The van der Waals surface area contributed by atoms with E-state index in [0.717, 1.165) is 0 Å². The number of hydrogen-bond donors (Lipinski definition) is 3. The number of amides is 2. The van der Waals surface area contributed by atoms with E-state index in [0.29, 0.717) is 0 Å². The van der Waals surface area contributed by atoms with E-state index in [2.05, 4.69) is 10.6 Å². The van der Waals surface area contributed by atoms with Crippen LogP contribution in [-0.4, -0.2) is 37.0 Å². The zero-order valence-corrected chi connectivity index (χ0v) is 9.40. The summed E-state index contributed by atoms with van der Waals surface area (Å²) < 4.78 is 0. The predicted molar refractivity (Wildman–Crippen MR) is 60.2 cm³/mol. The lowest BCUT2D eigenvalue weighted by atomic mass is 10.0. The molecule has 0 spiro atoms. The van der Waals surface area contributed by atoms with E-state index in [1.165, 1.54) is 32.3 Å². The summed E-state index contributed by atoms with van der Waals surface area (Å²) in [5.41, 5.74) is 0.00987. The molecule has 0 atom stereocenters. The summed E-state index contributed by atoms with van der Waals surface area (Å²) in [6.45, 7) is 0. The lowest BCUT2D eigenvalue weighted by Crippen LogP contribution is -2.23. The summed E-state index contributed by atoms with van der Waals surface area (Å²) in [6, 6.07) is 3.88. The van der Waals surface area contributed by atoms with E-state index in [9.17, 15) is 14.4 Å². The van der Waals surface area contributed by atoms with Gasteiger partial charge < -0.3 is 15.7 Å². The van der Waals surface area contributed by atoms with Crippen molar-refractivity contribution < 1.29 is 19.5 Å². The molecule has 0 aromatic heterocycles. The van der Waals surface area contributed by atoms with E-state index < -0.39 is 17.8 Å². The fourth-order valence-corrected chi connectivity index (χ4v) is 1.34. The molecule has 2 amide bonds. The van der Waals surface area contributed by atoms with Crippen LogP contribution in [0.3, 0.4) is 0 Å². The SMILES string of the molecule is CNC(=O)c1ccc(C(=O)NC)c(C(=O)O)c1. The molecule has 0 aliphatic heterocycles. The van der Waals surface area contributed by atoms with Crippen LogP contribution in [-0.2, 0) is 0 Å². The highest BCUT2D eigenvalue weighted by Gasteiger charge is 2.17. The molecule has 3 N–H and O–H groups in total. The Morgan fingerprint density at radius 3 is 2.06 bits per heavy atom. The molecule has 0 saturated heterocycles. The number of benzene rings is 1. The van der Waals surface area contributed by atoms with E-state index >= 15 is 0 Å². The molecule has 0 heterocycles. The van der Waals surface area contributed by atoms with Gasteiger partial charge >= 0.3 is 5.97 Å². The van der Waals surface area contributed by atoms with Gasteiger partial charge in [-0.1, -0.05) is 0 Å². The number of aromatic carboxylic acids is 1. The Morgan fingerprint density at radius 1 is 1.00 bits per heavy atom. The van der Waals surface area contributed by atoms with Crippen molar-refractivity contribution in [2.75, 3.05) is 14.1 Å². The average molecular weight is 236 g/mol. The Morgan fingerprint density at radius 2 is 1.59 bits per heavy atom. The maximum atomic E-state index is 11.4. The molecular weight excluding hydrogens is 224 g/mol. The van der Waals surface area contributed by atoms with Crippen molar-refractivity contribution >= 4 is 17.8 Å². The van der Waals surface area contributed by atoms with Gasteiger partial charge in [-0.2, -0.15) is 0 Å². The zero-order valence-electron chi connectivity index (χ0n) is 9.40. The molecule has 90 valence electrons. The minimum atomic E-state index is -1.26. The first kappa shape index (κ1) is 12.7. The Kier molecular flexibility index (Phi) is 3.82. The van der Waals surface area contributed by atoms with Crippen molar-refractivity contribution in [1.82, 2.24) is 10.6 Å². The van der Waals surface area contributed by atoms with Gasteiger partial charge in [0.25, 0.3) is 11.8 Å². The number of carbonyl (C=O) groups excluding carboxylic acids is 2. The highest BCUT2D eigenvalue weighted by molar-refractivity contribution is 6.06. The first-order valence-corrected chi connectivity index (χ1v) is 4.82. The molecule has 0 aliphatic rings. The van der Waals surface area contributed by atoms with Crippen molar-refractivity contribution in [2.24, 2.45) is 0 Å². The third kappa shape index (κ3) is 2.60. The van der Waals surface area contributed by atoms with Gasteiger partial charge in [-0.15, -0.1) is 0 Å². The largest absolute Gasteiger partial charge is 0.478 e. The summed E-state index contributed by atoms with van der Waals surface area (Å²) in [6.07, 6.45) is 0. The van der Waals surface area contributed by atoms with Crippen LogP contribution in [0.25, 0.3) is 0 Å². The molecule has 0 radical (unpaired) electrons. The summed E-state index contributed by atoms with van der Waals surface area (Å²) in [4.78, 5) is 33.7. The minimum absolute atomic E-state index is 0.0210. The molecule has 6 nitrogen and oxygen atoms in total. The molecular formula is C11H12N2O4. The predicted octanol–water partition coefficient (Wildman–Crippen LogP) is 0.104. The highest BCUT2D eigenvalue weighted by Crippen LogP contribution is 2.12. The molecule has 17 heavy (non-hydrogen) atoms. The second-order valence-corrected chi connectivity index (χ2v) is 3.22. The lowest BCUT2D eigenvalue weighted by Gasteiger charge is -2.07. The van der Waals surface area contributed by atoms with Crippen LogP contribution in [0, 0.1) is 0 Å². The van der Waals surface area contributed by atoms with Gasteiger partial charge in [-0.05, 0) is 18.2 Å². The van der Waals surface area contributed by atoms with Crippen molar-refractivity contribution in [3.05, 3.63) is 34.9 Å². The normalized spacial score (nSPS) is 9.53. The molecule has 6 heteroatoms. The highest BCUT2D eigenvalue weighted by atomic mass is 16.4. The van der Waals surface area contributed by atoms with Crippen molar-refractivity contribution in [1.29, 1.82) is 0 Å². The summed E-state index contributed by atoms with van der Waals surface area (Å²) in [5, 5.41) is 13.7. The van der Waals surface area contributed by atoms with Crippen molar-refractivity contribution in [3.8, 4) is 0 Å². The topological polar surface area (TPSA) is 95.5 Å². The van der Waals surface area contributed by atoms with Crippen LogP contribution in [0.5, 0.6) is 0 Å². The zero-order chi connectivity index (χ0) is 13.0. The number of hydrogen-bond acceptors (Lipinski definition) is 3. The Labute approximate surface area is 97.6 Å². The van der Waals surface area contributed by atoms with Gasteiger partial charge in [0.1, 0.15) is 0 Å². The first-order chi connectivity index (χ1) is 8.01. The fourth-order valence-electron chi connectivity index (χ4n) is 1.34. The van der Waals surface area contributed by atoms with E-state index in [1.54, 1.807) is 0 Å². The third-order valence-electron chi connectivity index (χ3n) is 2.21. The Balaban J connectivity index is 3.32. The number of carboxylic acid groups (broad SMARTS) is 1. The monoisotopic (exact) mass is 236 g/mol. The summed E-state index contributed by atoms with van der Waals surface area (Å²) >= 11 is 0. The smallest absolute Gasteiger partial charge is 0.336 e. The van der Waals surface area contributed by atoms with Crippen LogP contribution in [0.4, 0.5) is 0 Å². The van der Waals surface area contributed by atoms with Crippen LogP contribution in [0.1, 0.15) is 31.1 Å². The van der Waals surface area contributed by atoms with E-state index in [-0.39, 0.29) is 16.7 Å². The number of carbonyl (C=O) groups is 3. The molecule has 1 aromatic rings. The second-order valence-electron chi connectivity index (χ2n) is 3.22. The van der Waals surface area contributed by atoms with Crippen LogP contribution in [0.15, 0.2) is 18.2 Å². The first-order valence-electron chi connectivity index (χ1n) is 4.82. The number of rotatable bonds is 3. The number of carboxylic acids is 1. The summed E-state index contributed by atoms with van der Waals surface area (Å²) in [7, 11) is 2.84. The number of nitrogens with one attached hydrogen (secondary N) is 2. The van der Waals surface area contributed by atoms with Crippen molar-refractivity contribution in [2.45, 2.75) is 0 Å². The van der Waals surface area contributed by atoms with Crippen LogP contribution >= 0.6 is 0 Å². The average Bonchev–Trinajstić information content (AvgIpc) is 2.35. The Bertz CT molecular complexity index is 482. The lowest BCUT2D eigenvalue weighted by molar-refractivity contribution is 0.0691. The molecule has 0 fully saturated rings. The second kappa shape index (κ2) is 5.11. The van der Waals surface area contributed by atoms with Gasteiger partial charge in [-0.3, -0.25) is 9.59 Å². The fraction of sp³-hybridized carbons (Fsp3) is 0.182.